The van der Waals surface area contributed by atoms with Crippen LogP contribution in [0.15, 0.2) is 6.20 Å². The predicted molar refractivity (Wildman–Crippen MR) is 50.8 cm³/mol. The summed E-state index contributed by atoms with van der Waals surface area (Å²) in [7, 11) is 4.76. The van der Waals surface area contributed by atoms with Crippen LogP contribution in [0.5, 0.6) is 0 Å². The molecule has 0 atom stereocenters. The first-order valence-corrected chi connectivity index (χ1v) is 4.46. The normalized spacial score (nSPS) is 9.77. The summed E-state index contributed by atoms with van der Waals surface area (Å²) in [5.41, 5.74) is 0. The van der Waals surface area contributed by atoms with Gasteiger partial charge in [0.05, 0.1) is 13.3 Å². The third-order valence-electron chi connectivity index (χ3n) is 1.49. The van der Waals surface area contributed by atoms with Gasteiger partial charge in [0.2, 0.25) is 0 Å². The zero-order valence-electron chi connectivity index (χ0n) is 7.70. The smallest absolute Gasteiger partial charge is 0.288 e. The molecule has 0 saturated carbocycles. The molecule has 0 radical (unpaired) electrons. The van der Waals surface area contributed by atoms with Gasteiger partial charge in [-0.25, -0.2) is 10.0 Å². The zero-order valence-corrected chi connectivity index (χ0v) is 8.51. The van der Waals surface area contributed by atoms with Crippen LogP contribution in [-0.4, -0.2) is 37.2 Å². The van der Waals surface area contributed by atoms with E-state index in [9.17, 15) is 4.79 Å². The average molecular weight is 201 g/mol. The van der Waals surface area contributed by atoms with Crippen molar-refractivity contribution in [1.82, 2.24) is 10.0 Å². The van der Waals surface area contributed by atoms with E-state index in [1.165, 1.54) is 24.6 Å². The zero-order chi connectivity index (χ0) is 9.84. The van der Waals surface area contributed by atoms with E-state index >= 15 is 0 Å². The maximum Gasteiger partial charge on any atom is 0.288 e. The van der Waals surface area contributed by atoms with E-state index < -0.39 is 0 Å². The van der Waals surface area contributed by atoms with Crippen LogP contribution < -0.4 is 5.32 Å². The highest BCUT2D eigenvalue weighted by molar-refractivity contribution is 7.17. The number of anilines is 1. The molecule has 1 N–H and O–H groups in total. The Bertz CT molecular complexity index is 300. The Labute approximate surface area is 80.3 Å². The average Bonchev–Trinajstić information content (AvgIpc) is 2.63. The Morgan fingerprint density at radius 3 is 2.92 bits per heavy atom. The van der Waals surface area contributed by atoms with Crippen molar-refractivity contribution in [2.45, 2.75) is 0 Å². The van der Waals surface area contributed by atoms with E-state index in [0.717, 1.165) is 5.06 Å². The highest BCUT2D eigenvalue weighted by atomic mass is 32.1. The Morgan fingerprint density at radius 2 is 2.46 bits per heavy atom. The van der Waals surface area contributed by atoms with E-state index in [4.69, 9.17) is 4.84 Å². The van der Waals surface area contributed by atoms with Crippen molar-refractivity contribution >= 4 is 22.4 Å². The molecule has 1 amide bonds. The van der Waals surface area contributed by atoms with E-state index in [-0.39, 0.29) is 5.91 Å². The summed E-state index contributed by atoms with van der Waals surface area (Å²) in [6, 6.07) is 0. The Morgan fingerprint density at radius 1 is 1.77 bits per heavy atom. The number of aromatic nitrogens is 1. The molecule has 0 saturated heterocycles. The van der Waals surface area contributed by atoms with Crippen molar-refractivity contribution in [3.8, 4) is 0 Å². The van der Waals surface area contributed by atoms with Crippen molar-refractivity contribution in [3.63, 3.8) is 0 Å². The van der Waals surface area contributed by atoms with Crippen molar-refractivity contribution < 1.29 is 9.63 Å². The Balaban J connectivity index is 2.77. The fourth-order valence-corrected chi connectivity index (χ4v) is 1.46. The summed E-state index contributed by atoms with van der Waals surface area (Å²) >= 11 is 1.29. The summed E-state index contributed by atoms with van der Waals surface area (Å²) in [4.78, 5) is 20.7. The molecule has 72 valence electrons. The van der Waals surface area contributed by atoms with Gasteiger partial charge in [-0.05, 0) is 0 Å². The van der Waals surface area contributed by atoms with Gasteiger partial charge < -0.3 is 5.32 Å². The van der Waals surface area contributed by atoms with Gasteiger partial charge in [0, 0.05) is 14.1 Å². The van der Waals surface area contributed by atoms with Crippen LogP contribution in [0, 0.1) is 0 Å². The van der Waals surface area contributed by atoms with Crippen LogP contribution in [0.2, 0.25) is 0 Å². The van der Waals surface area contributed by atoms with Gasteiger partial charge in [-0.1, -0.05) is 11.3 Å². The monoisotopic (exact) mass is 201 g/mol. The third-order valence-corrected chi connectivity index (χ3v) is 2.49. The molecule has 5 nitrogen and oxygen atoms in total. The number of hydrogen-bond donors (Lipinski definition) is 1. The minimum Gasteiger partial charge on any atom is -0.365 e. The summed E-state index contributed by atoms with van der Waals surface area (Å²) in [6.07, 6.45) is 1.52. The topological polar surface area (TPSA) is 54.5 Å². The largest absolute Gasteiger partial charge is 0.365 e. The second-order valence-corrected chi connectivity index (χ2v) is 3.30. The first-order valence-electron chi connectivity index (χ1n) is 3.64. The predicted octanol–water partition coefficient (Wildman–Crippen LogP) is 0.818. The van der Waals surface area contributed by atoms with Crippen LogP contribution in [-0.2, 0) is 4.84 Å². The van der Waals surface area contributed by atoms with Crippen molar-refractivity contribution in [2.75, 3.05) is 26.5 Å². The molecular weight excluding hydrogens is 190 g/mol. The van der Waals surface area contributed by atoms with Crippen molar-refractivity contribution in [3.05, 3.63) is 11.1 Å². The molecule has 0 aromatic carbocycles. The van der Waals surface area contributed by atoms with Crippen LogP contribution in [0.1, 0.15) is 9.67 Å². The van der Waals surface area contributed by atoms with Gasteiger partial charge in [-0.15, -0.1) is 0 Å². The number of nitrogens with zero attached hydrogens (tertiary/aromatic N) is 2. The molecule has 0 fully saturated rings. The van der Waals surface area contributed by atoms with Gasteiger partial charge in [0.25, 0.3) is 5.91 Å². The minimum atomic E-state index is -0.193. The first-order chi connectivity index (χ1) is 6.19. The molecule has 1 aromatic rings. The van der Waals surface area contributed by atoms with Gasteiger partial charge in [-0.3, -0.25) is 9.63 Å². The molecule has 1 rings (SSSR count). The number of rotatable bonds is 3. The molecule has 0 spiro atoms. The lowest BCUT2D eigenvalue weighted by atomic mass is 10.5. The summed E-state index contributed by atoms with van der Waals surface area (Å²) < 4.78 is 0. The van der Waals surface area contributed by atoms with Gasteiger partial charge in [-0.2, -0.15) is 0 Å². The Kier molecular flexibility index (Phi) is 3.21. The first kappa shape index (κ1) is 9.94. The number of hydroxylamine groups is 2. The van der Waals surface area contributed by atoms with E-state index in [1.54, 1.807) is 14.1 Å². The Hall–Kier alpha value is -1.14. The van der Waals surface area contributed by atoms with Gasteiger partial charge in [0.15, 0.2) is 5.13 Å². The van der Waals surface area contributed by atoms with Crippen LogP contribution in [0.3, 0.4) is 0 Å². The number of carbonyl (C=O) groups excluding carboxylic acids is 1. The number of nitrogens with one attached hydrogen (secondary N) is 1. The minimum absolute atomic E-state index is 0.193. The fraction of sp³-hybridized carbons (Fsp3) is 0.429. The molecule has 0 aliphatic rings. The van der Waals surface area contributed by atoms with Crippen LogP contribution in [0.4, 0.5) is 5.13 Å². The molecule has 13 heavy (non-hydrogen) atoms. The van der Waals surface area contributed by atoms with Crippen molar-refractivity contribution in [1.29, 1.82) is 0 Å². The summed E-state index contributed by atoms with van der Waals surface area (Å²) in [5, 5.41) is 4.73. The molecule has 0 aliphatic heterocycles. The van der Waals surface area contributed by atoms with Crippen LogP contribution >= 0.6 is 11.3 Å². The second kappa shape index (κ2) is 4.20. The maximum atomic E-state index is 11.4. The lowest BCUT2D eigenvalue weighted by molar-refractivity contribution is -0.0754. The molecule has 0 bridgehead atoms. The highest BCUT2D eigenvalue weighted by Gasteiger charge is 2.14. The number of amides is 1. The van der Waals surface area contributed by atoms with Gasteiger partial charge in [0.1, 0.15) is 4.88 Å². The maximum absolute atomic E-state index is 11.4. The lowest BCUT2D eigenvalue weighted by Crippen LogP contribution is -2.24. The summed E-state index contributed by atoms with van der Waals surface area (Å²) in [6.45, 7) is 0. The van der Waals surface area contributed by atoms with Crippen LogP contribution in [0.25, 0.3) is 0 Å². The molecule has 0 aliphatic carbocycles. The molecule has 1 heterocycles. The molecule has 0 unspecified atom stereocenters. The fourth-order valence-electron chi connectivity index (χ4n) is 0.727. The number of hydrogen-bond acceptors (Lipinski definition) is 5. The third kappa shape index (κ3) is 2.16. The standard InChI is InChI=1S/C7H11N3O2S/c1-8-7-9-4-5(13-7)6(11)10(2)12-3/h4H,1-3H3,(H,8,9). The quantitative estimate of drug-likeness (QED) is 0.735. The van der Waals surface area contributed by atoms with Gasteiger partial charge >= 0.3 is 0 Å². The second-order valence-electron chi connectivity index (χ2n) is 2.26. The number of thiazole rings is 1. The van der Waals surface area contributed by atoms with E-state index in [1.807, 2.05) is 0 Å². The lowest BCUT2D eigenvalue weighted by Gasteiger charge is -2.11. The van der Waals surface area contributed by atoms with E-state index in [2.05, 4.69) is 10.3 Å². The SMILES string of the molecule is CNc1ncc(C(=O)N(C)OC)s1. The summed E-state index contributed by atoms with van der Waals surface area (Å²) in [5.74, 6) is -0.193. The number of carbonyl (C=O) groups is 1. The molecule has 1 aromatic heterocycles. The van der Waals surface area contributed by atoms with Crippen molar-refractivity contribution in [2.24, 2.45) is 0 Å². The highest BCUT2D eigenvalue weighted by Crippen LogP contribution is 2.18. The molecule has 6 heteroatoms. The van der Waals surface area contributed by atoms with E-state index in [0.29, 0.717) is 10.0 Å². The molecular formula is C7H11N3O2S.